The van der Waals surface area contributed by atoms with Crippen LogP contribution in [0, 0.1) is 0 Å². The first-order chi connectivity index (χ1) is 11.1. The number of hydrogen-bond donors (Lipinski definition) is 1. The number of nitrogens with zero attached hydrogens (tertiary/aromatic N) is 2. The molecule has 0 saturated heterocycles. The van der Waals surface area contributed by atoms with Crippen LogP contribution in [0.25, 0.3) is 0 Å². The number of halogens is 1. The molecule has 1 aliphatic heterocycles. The summed E-state index contributed by atoms with van der Waals surface area (Å²) in [5, 5.41) is 4.54. The number of anilines is 2. The van der Waals surface area contributed by atoms with Crippen molar-refractivity contribution in [3.63, 3.8) is 0 Å². The molecule has 2 aromatic carbocycles. The molecule has 1 aliphatic rings. The van der Waals surface area contributed by atoms with Crippen LogP contribution in [0.2, 0.25) is 5.02 Å². The van der Waals surface area contributed by atoms with Gasteiger partial charge < -0.3 is 5.32 Å². The van der Waals surface area contributed by atoms with Crippen LogP contribution in [-0.2, 0) is 0 Å². The van der Waals surface area contributed by atoms with Crippen LogP contribution in [0.15, 0.2) is 59.6 Å². The van der Waals surface area contributed by atoms with E-state index in [0.717, 1.165) is 5.69 Å². The lowest BCUT2D eigenvalue weighted by Gasteiger charge is -2.22. The van der Waals surface area contributed by atoms with Gasteiger partial charge in [0.2, 0.25) is 0 Å². The fraction of sp³-hybridized carbons (Fsp3) is 0.176. The highest BCUT2D eigenvalue weighted by Gasteiger charge is 2.27. The van der Waals surface area contributed by atoms with Crippen LogP contribution >= 0.6 is 23.4 Å². The van der Waals surface area contributed by atoms with Gasteiger partial charge in [-0.2, -0.15) is 0 Å². The van der Waals surface area contributed by atoms with Crippen molar-refractivity contribution in [3.8, 4) is 0 Å². The summed E-state index contributed by atoms with van der Waals surface area (Å²) in [5.41, 5.74) is 1.44. The van der Waals surface area contributed by atoms with Crippen LogP contribution < -0.4 is 10.2 Å². The molecular formula is C17H16ClN3OS. The second-order valence-corrected chi connectivity index (χ2v) is 7.01. The summed E-state index contributed by atoms with van der Waals surface area (Å²) in [5.74, 6) is 0. The van der Waals surface area contributed by atoms with Gasteiger partial charge in [0.05, 0.1) is 12.2 Å². The molecule has 0 spiro atoms. The number of amidine groups is 1. The smallest absolute Gasteiger partial charge is 0.307 e. The molecule has 4 nitrogen and oxygen atoms in total. The minimum atomic E-state index is -0.251. The molecule has 2 aromatic rings. The fourth-order valence-corrected chi connectivity index (χ4v) is 3.36. The van der Waals surface area contributed by atoms with Gasteiger partial charge in [-0.3, -0.25) is 4.99 Å². The average Bonchev–Trinajstić information content (AvgIpc) is 2.94. The van der Waals surface area contributed by atoms with Crippen molar-refractivity contribution in [2.75, 3.05) is 16.8 Å². The molecule has 2 amide bonds. The molecule has 1 N–H and O–H groups in total. The first-order valence-electron chi connectivity index (χ1n) is 7.26. The number of aliphatic imine (C=N–C) groups is 1. The van der Waals surface area contributed by atoms with Crippen molar-refractivity contribution >= 4 is 45.9 Å². The van der Waals surface area contributed by atoms with Crippen molar-refractivity contribution in [2.45, 2.75) is 12.2 Å². The summed E-state index contributed by atoms with van der Waals surface area (Å²) in [7, 11) is 0. The van der Waals surface area contributed by atoms with Gasteiger partial charge in [-0.25, -0.2) is 9.69 Å². The zero-order valence-corrected chi connectivity index (χ0v) is 14.1. The maximum Gasteiger partial charge on any atom is 0.332 e. The van der Waals surface area contributed by atoms with Crippen molar-refractivity contribution in [1.82, 2.24) is 0 Å². The van der Waals surface area contributed by atoms with Crippen LogP contribution in [0.4, 0.5) is 16.2 Å². The van der Waals surface area contributed by atoms with E-state index in [1.54, 1.807) is 40.9 Å². The van der Waals surface area contributed by atoms with Gasteiger partial charge in [-0.1, -0.05) is 54.6 Å². The quantitative estimate of drug-likeness (QED) is 0.843. The second kappa shape index (κ2) is 7.06. The molecular weight excluding hydrogens is 330 g/mol. The van der Waals surface area contributed by atoms with Gasteiger partial charge in [0.15, 0.2) is 5.17 Å². The zero-order chi connectivity index (χ0) is 16.2. The van der Waals surface area contributed by atoms with Crippen LogP contribution in [0.5, 0.6) is 0 Å². The number of amides is 2. The summed E-state index contributed by atoms with van der Waals surface area (Å²) in [6.45, 7) is 2.81. The summed E-state index contributed by atoms with van der Waals surface area (Å²) in [6.07, 6.45) is 0. The number of benzene rings is 2. The van der Waals surface area contributed by atoms with Crippen LogP contribution in [0.1, 0.15) is 6.92 Å². The van der Waals surface area contributed by atoms with E-state index in [1.165, 1.54) is 0 Å². The highest BCUT2D eigenvalue weighted by Crippen LogP contribution is 2.28. The second-order valence-electron chi connectivity index (χ2n) is 5.16. The average molecular weight is 346 g/mol. The van der Waals surface area contributed by atoms with Gasteiger partial charge >= 0.3 is 6.03 Å². The van der Waals surface area contributed by atoms with E-state index in [1.807, 2.05) is 30.3 Å². The Morgan fingerprint density at radius 1 is 1.26 bits per heavy atom. The maximum absolute atomic E-state index is 12.8. The number of carbonyl (C=O) groups excluding carboxylic acids is 1. The number of rotatable bonds is 2. The Bertz CT molecular complexity index is 736. The molecule has 0 aromatic heterocycles. The van der Waals surface area contributed by atoms with E-state index >= 15 is 0 Å². The third-order valence-electron chi connectivity index (χ3n) is 3.27. The standard InChI is InChI=1S/C17H16ClN3OS/c1-12-11-19-17(23-12)21(15-8-3-2-4-9-15)16(22)20-14-7-5-6-13(18)10-14/h2-10,12H,11H2,1H3,(H,20,22). The van der Waals surface area contributed by atoms with Crippen molar-refractivity contribution in [1.29, 1.82) is 0 Å². The Kier molecular flexibility index (Phi) is 4.88. The maximum atomic E-state index is 12.8. The SMILES string of the molecule is CC1CN=C(N(C(=O)Nc2cccc(Cl)c2)c2ccccc2)S1. The number of para-hydroxylation sites is 1. The molecule has 6 heteroatoms. The first kappa shape index (κ1) is 15.9. The van der Waals surface area contributed by atoms with E-state index < -0.39 is 0 Å². The Balaban J connectivity index is 1.87. The highest BCUT2D eigenvalue weighted by atomic mass is 35.5. The summed E-state index contributed by atoms with van der Waals surface area (Å²) >= 11 is 7.58. The molecule has 0 radical (unpaired) electrons. The number of carbonyl (C=O) groups is 1. The molecule has 0 aliphatic carbocycles. The minimum absolute atomic E-state index is 0.251. The van der Waals surface area contributed by atoms with E-state index in [-0.39, 0.29) is 6.03 Å². The molecule has 1 heterocycles. The summed E-state index contributed by atoms with van der Waals surface area (Å²) in [6, 6.07) is 16.3. The molecule has 0 bridgehead atoms. The summed E-state index contributed by atoms with van der Waals surface area (Å²) in [4.78, 5) is 18.9. The zero-order valence-electron chi connectivity index (χ0n) is 12.6. The lowest BCUT2D eigenvalue weighted by Crippen LogP contribution is -2.38. The summed E-state index contributed by atoms with van der Waals surface area (Å²) < 4.78 is 0. The highest BCUT2D eigenvalue weighted by molar-refractivity contribution is 8.15. The Morgan fingerprint density at radius 2 is 2.04 bits per heavy atom. The molecule has 118 valence electrons. The minimum Gasteiger partial charge on any atom is -0.307 e. The molecule has 0 saturated carbocycles. The van der Waals surface area contributed by atoms with Gasteiger partial charge in [0.1, 0.15) is 0 Å². The van der Waals surface area contributed by atoms with Crippen molar-refractivity contribution < 1.29 is 4.79 Å². The third-order valence-corrected chi connectivity index (χ3v) is 4.58. The molecule has 1 unspecified atom stereocenters. The normalized spacial score (nSPS) is 16.8. The molecule has 0 fully saturated rings. The Hall–Kier alpha value is -1.98. The van der Waals surface area contributed by atoms with Gasteiger partial charge in [0, 0.05) is 16.0 Å². The van der Waals surface area contributed by atoms with E-state index in [4.69, 9.17) is 11.6 Å². The van der Waals surface area contributed by atoms with Gasteiger partial charge in [-0.05, 0) is 30.3 Å². The predicted octanol–water partition coefficient (Wildman–Crippen LogP) is 4.87. The molecule has 1 atom stereocenters. The number of nitrogens with one attached hydrogen (secondary N) is 1. The Labute approximate surface area is 144 Å². The van der Waals surface area contributed by atoms with E-state index in [2.05, 4.69) is 17.2 Å². The van der Waals surface area contributed by atoms with Crippen molar-refractivity contribution in [2.24, 2.45) is 4.99 Å². The van der Waals surface area contributed by atoms with Crippen LogP contribution in [-0.4, -0.2) is 23.0 Å². The van der Waals surface area contributed by atoms with E-state index in [0.29, 0.717) is 27.7 Å². The monoisotopic (exact) mass is 345 g/mol. The van der Waals surface area contributed by atoms with Crippen LogP contribution in [0.3, 0.4) is 0 Å². The number of thioether (sulfide) groups is 1. The Morgan fingerprint density at radius 3 is 2.70 bits per heavy atom. The molecule has 23 heavy (non-hydrogen) atoms. The van der Waals surface area contributed by atoms with Gasteiger partial charge in [0.25, 0.3) is 0 Å². The predicted molar refractivity (Wildman–Crippen MR) is 98.7 cm³/mol. The topological polar surface area (TPSA) is 44.7 Å². The largest absolute Gasteiger partial charge is 0.332 e. The number of hydrogen-bond acceptors (Lipinski definition) is 3. The van der Waals surface area contributed by atoms with Crippen molar-refractivity contribution in [3.05, 3.63) is 59.6 Å². The number of urea groups is 1. The first-order valence-corrected chi connectivity index (χ1v) is 8.52. The lowest BCUT2D eigenvalue weighted by atomic mass is 10.3. The third kappa shape index (κ3) is 3.86. The fourth-order valence-electron chi connectivity index (χ4n) is 2.22. The van der Waals surface area contributed by atoms with Gasteiger partial charge in [-0.15, -0.1) is 0 Å². The van der Waals surface area contributed by atoms with E-state index in [9.17, 15) is 4.79 Å². The lowest BCUT2D eigenvalue weighted by molar-refractivity contribution is 0.259. The molecule has 3 rings (SSSR count).